The van der Waals surface area contributed by atoms with Gasteiger partial charge in [-0.3, -0.25) is 9.78 Å². The monoisotopic (exact) mass is 367 g/mol. The van der Waals surface area contributed by atoms with Crippen LogP contribution in [0.1, 0.15) is 23.7 Å². The van der Waals surface area contributed by atoms with Crippen LogP contribution in [0.5, 0.6) is 0 Å². The summed E-state index contributed by atoms with van der Waals surface area (Å²) >= 11 is 9.39. The quantitative estimate of drug-likeness (QED) is 0.812. The van der Waals surface area contributed by atoms with Crippen LogP contribution in [-0.4, -0.2) is 17.4 Å². The number of anilines is 2. The molecule has 1 aromatic carbocycles. The van der Waals surface area contributed by atoms with Crippen molar-refractivity contribution in [1.82, 2.24) is 4.98 Å². The van der Waals surface area contributed by atoms with Gasteiger partial charge in [0.25, 0.3) is 5.91 Å². The molecule has 0 saturated carbocycles. The number of aromatic nitrogens is 1. The fourth-order valence-electron chi connectivity index (χ4n) is 1.78. The first-order valence-electron chi connectivity index (χ1n) is 6.56. The topological polar surface area (TPSA) is 54.0 Å². The summed E-state index contributed by atoms with van der Waals surface area (Å²) in [6.45, 7) is 2.85. The van der Waals surface area contributed by atoms with Gasteiger partial charge in [-0.2, -0.15) is 0 Å². The molecular weight excluding hydrogens is 354 g/mol. The van der Waals surface area contributed by atoms with Gasteiger partial charge in [-0.15, -0.1) is 0 Å². The summed E-state index contributed by atoms with van der Waals surface area (Å²) in [7, 11) is 0. The summed E-state index contributed by atoms with van der Waals surface area (Å²) in [6, 6.07) is 7.01. The average Bonchev–Trinajstić information content (AvgIpc) is 2.50. The predicted octanol–water partition coefficient (Wildman–Crippen LogP) is 4.57. The Morgan fingerprint density at radius 1 is 1.33 bits per heavy atom. The zero-order valence-corrected chi connectivity index (χ0v) is 13.8. The normalized spacial score (nSPS) is 10.2. The van der Waals surface area contributed by atoms with E-state index in [4.69, 9.17) is 11.6 Å². The smallest absolute Gasteiger partial charge is 0.257 e. The largest absolute Gasteiger partial charge is 0.383 e. The Balaban J connectivity index is 2.22. The van der Waals surface area contributed by atoms with Crippen LogP contribution >= 0.6 is 27.5 Å². The molecular formula is C15H15BrClN3O. The SMILES string of the molecule is CCCNc1cnccc1C(=O)Nc1cccc(Cl)c1Br. The van der Waals surface area contributed by atoms with Crippen molar-refractivity contribution >= 4 is 44.8 Å². The fourth-order valence-corrected chi connectivity index (χ4v) is 2.32. The van der Waals surface area contributed by atoms with E-state index in [2.05, 4.69) is 38.5 Å². The van der Waals surface area contributed by atoms with Gasteiger partial charge >= 0.3 is 0 Å². The van der Waals surface area contributed by atoms with Crippen LogP contribution in [0, 0.1) is 0 Å². The van der Waals surface area contributed by atoms with E-state index in [1.54, 1.807) is 36.7 Å². The molecule has 0 aliphatic heterocycles. The van der Waals surface area contributed by atoms with Crippen molar-refractivity contribution in [2.45, 2.75) is 13.3 Å². The lowest BCUT2D eigenvalue weighted by Gasteiger charge is -2.12. The molecule has 0 atom stereocenters. The maximum absolute atomic E-state index is 12.4. The van der Waals surface area contributed by atoms with Crippen LogP contribution in [-0.2, 0) is 0 Å². The first-order chi connectivity index (χ1) is 10.1. The molecule has 2 N–H and O–H groups in total. The summed E-state index contributed by atoms with van der Waals surface area (Å²) in [5.41, 5.74) is 1.89. The molecule has 2 rings (SSSR count). The van der Waals surface area contributed by atoms with Crippen LogP contribution in [0.2, 0.25) is 5.02 Å². The Labute approximate surface area is 137 Å². The molecule has 21 heavy (non-hydrogen) atoms. The predicted molar refractivity (Wildman–Crippen MR) is 90.1 cm³/mol. The minimum Gasteiger partial charge on any atom is -0.383 e. The van der Waals surface area contributed by atoms with Gasteiger partial charge in [-0.1, -0.05) is 24.6 Å². The van der Waals surface area contributed by atoms with Gasteiger partial charge in [-0.05, 0) is 40.5 Å². The lowest BCUT2D eigenvalue weighted by atomic mass is 10.2. The van der Waals surface area contributed by atoms with Crippen molar-refractivity contribution < 1.29 is 4.79 Å². The van der Waals surface area contributed by atoms with Crippen molar-refractivity contribution in [3.63, 3.8) is 0 Å². The number of rotatable bonds is 5. The van der Waals surface area contributed by atoms with Gasteiger partial charge in [0, 0.05) is 12.7 Å². The lowest BCUT2D eigenvalue weighted by molar-refractivity contribution is 0.102. The van der Waals surface area contributed by atoms with Crippen LogP contribution in [0.25, 0.3) is 0 Å². The summed E-state index contributed by atoms with van der Waals surface area (Å²) in [5, 5.41) is 6.59. The fraction of sp³-hybridized carbons (Fsp3) is 0.200. The van der Waals surface area contributed by atoms with Gasteiger partial charge in [0.2, 0.25) is 0 Å². The molecule has 4 nitrogen and oxygen atoms in total. The lowest BCUT2D eigenvalue weighted by Crippen LogP contribution is -2.15. The van der Waals surface area contributed by atoms with Gasteiger partial charge in [0.1, 0.15) is 0 Å². The molecule has 0 saturated heterocycles. The van der Waals surface area contributed by atoms with Gasteiger partial charge in [0.05, 0.1) is 32.6 Å². The standard InChI is InChI=1S/C15H15BrClN3O/c1-2-7-19-13-9-18-8-6-10(13)15(21)20-12-5-3-4-11(17)14(12)16/h3-6,8-9,19H,2,7H2,1H3,(H,20,21). The minimum atomic E-state index is -0.209. The zero-order chi connectivity index (χ0) is 15.2. The highest BCUT2D eigenvalue weighted by Gasteiger charge is 2.13. The molecule has 0 radical (unpaired) electrons. The van der Waals surface area contributed by atoms with E-state index in [-0.39, 0.29) is 5.91 Å². The molecule has 1 heterocycles. The van der Waals surface area contributed by atoms with E-state index >= 15 is 0 Å². The number of nitrogens with one attached hydrogen (secondary N) is 2. The highest BCUT2D eigenvalue weighted by atomic mass is 79.9. The molecule has 110 valence electrons. The van der Waals surface area contributed by atoms with Gasteiger partial charge < -0.3 is 10.6 Å². The number of amides is 1. The van der Waals surface area contributed by atoms with Crippen molar-refractivity contribution in [3.8, 4) is 0 Å². The van der Waals surface area contributed by atoms with E-state index in [0.717, 1.165) is 18.7 Å². The molecule has 6 heteroatoms. The second-order valence-corrected chi connectivity index (χ2v) is 5.60. The highest BCUT2D eigenvalue weighted by molar-refractivity contribution is 9.10. The molecule has 0 spiro atoms. The third-order valence-corrected chi connectivity index (χ3v) is 4.23. The van der Waals surface area contributed by atoms with E-state index in [0.29, 0.717) is 20.7 Å². The molecule has 1 amide bonds. The number of hydrogen-bond donors (Lipinski definition) is 2. The molecule has 0 aliphatic rings. The number of carbonyl (C=O) groups is 1. The highest BCUT2D eigenvalue weighted by Crippen LogP contribution is 2.30. The van der Waals surface area contributed by atoms with E-state index in [9.17, 15) is 4.79 Å². The van der Waals surface area contributed by atoms with Crippen molar-refractivity contribution in [2.75, 3.05) is 17.2 Å². The van der Waals surface area contributed by atoms with Crippen LogP contribution in [0.3, 0.4) is 0 Å². The summed E-state index contributed by atoms with van der Waals surface area (Å²) in [5.74, 6) is -0.209. The molecule has 1 aromatic heterocycles. The van der Waals surface area contributed by atoms with Crippen LogP contribution in [0.15, 0.2) is 41.1 Å². The summed E-state index contributed by atoms with van der Waals surface area (Å²) in [6.07, 6.45) is 4.21. The Hall–Kier alpha value is -1.59. The second kappa shape index (κ2) is 7.43. The molecule has 0 unspecified atom stereocenters. The Morgan fingerprint density at radius 2 is 2.14 bits per heavy atom. The molecule has 0 fully saturated rings. The first kappa shape index (κ1) is 15.8. The van der Waals surface area contributed by atoms with E-state index in [1.807, 2.05) is 0 Å². The number of pyridine rings is 1. The Kier molecular flexibility index (Phi) is 5.59. The third kappa shape index (κ3) is 3.95. The van der Waals surface area contributed by atoms with Gasteiger partial charge in [-0.25, -0.2) is 0 Å². The Morgan fingerprint density at radius 3 is 2.90 bits per heavy atom. The molecule has 2 aromatic rings. The van der Waals surface area contributed by atoms with Crippen molar-refractivity contribution in [1.29, 1.82) is 0 Å². The average molecular weight is 369 g/mol. The maximum Gasteiger partial charge on any atom is 0.257 e. The number of halogens is 2. The maximum atomic E-state index is 12.4. The summed E-state index contributed by atoms with van der Waals surface area (Å²) in [4.78, 5) is 16.5. The van der Waals surface area contributed by atoms with E-state index < -0.39 is 0 Å². The number of benzene rings is 1. The third-order valence-electron chi connectivity index (χ3n) is 2.83. The first-order valence-corrected chi connectivity index (χ1v) is 7.73. The second-order valence-electron chi connectivity index (χ2n) is 4.40. The molecule has 0 bridgehead atoms. The van der Waals surface area contributed by atoms with Crippen molar-refractivity contribution in [3.05, 3.63) is 51.7 Å². The zero-order valence-electron chi connectivity index (χ0n) is 11.5. The summed E-state index contributed by atoms with van der Waals surface area (Å²) < 4.78 is 0.664. The van der Waals surface area contributed by atoms with E-state index in [1.165, 1.54) is 0 Å². The number of carbonyl (C=O) groups excluding carboxylic acids is 1. The minimum absolute atomic E-state index is 0.209. The molecule has 0 aliphatic carbocycles. The van der Waals surface area contributed by atoms with Crippen molar-refractivity contribution in [2.24, 2.45) is 0 Å². The number of hydrogen-bond acceptors (Lipinski definition) is 3. The van der Waals surface area contributed by atoms with Gasteiger partial charge in [0.15, 0.2) is 0 Å². The Bertz CT molecular complexity index is 649. The van der Waals surface area contributed by atoms with Crippen LogP contribution in [0.4, 0.5) is 11.4 Å². The van der Waals surface area contributed by atoms with Crippen LogP contribution < -0.4 is 10.6 Å². The number of nitrogens with zero attached hydrogens (tertiary/aromatic N) is 1.